The molecule has 25 heavy (non-hydrogen) atoms. The first-order chi connectivity index (χ1) is 11.9. The minimum atomic E-state index is -0.273. The lowest BCUT2D eigenvalue weighted by Gasteiger charge is -2.08. The molecule has 0 aliphatic rings. The van der Waals surface area contributed by atoms with E-state index in [-0.39, 0.29) is 5.82 Å². The minimum Gasteiger partial charge on any atom is -0.261 e. The molecule has 128 valence electrons. The first-order valence-corrected chi connectivity index (χ1v) is 7.88. The minimum absolute atomic E-state index is 0.273. The number of nitrogens with zero attached hydrogens (tertiary/aromatic N) is 5. The fraction of sp³-hybridized carbons (Fsp3) is 0.222. The van der Waals surface area contributed by atoms with Gasteiger partial charge in [-0.1, -0.05) is 12.1 Å². The van der Waals surface area contributed by atoms with Gasteiger partial charge in [-0.3, -0.25) is 5.43 Å². The number of hydrogen-bond acceptors (Lipinski definition) is 5. The molecule has 0 saturated carbocycles. The van der Waals surface area contributed by atoms with Crippen molar-refractivity contribution in [3.8, 4) is 5.82 Å². The summed E-state index contributed by atoms with van der Waals surface area (Å²) >= 11 is 0. The molecule has 6 nitrogen and oxygen atoms in total. The monoisotopic (exact) mass is 338 g/mol. The maximum atomic E-state index is 13.0. The van der Waals surface area contributed by atoms with Gasteiger partial charge in [0, 0.05) is 11.8 Å². The highest BCUT2D eigenvalue weighted by atomic mass is 19.1. The van der Waals surface area contributed by atoms with Gasteiger partial charge < -0.3 is 0 Å². The summed E-state index contributed by atoms with van der Waals surface area (Å²) in [6.07, 6.45) is 0. The molecule has 1 aromatic carbocycles. The van der Waals surface area contributed by atoms with Gasteiger partial charge in [-0.05, 0) is 51.5 Å². The lowest BCUT2D eigenvalue weighted by Crippen LogP contribution is -2.07. The van der Waals surface area contributed by atoms with Crippen LogP contribution in [0, 0.1) is 26.6 Å². The lowest BCUT2D eigenvalue weighted by molar-refractivity contribution is 0.628. The number of halogens is 1. The number of anilines is 1. The first-order valence-electron chi connectivity index (χ1n) is 7.88. The Labute approximate surface area is 145 Å². The summed E-state index contributed by atoms with van der Waals surface area (Å²) in [6, 6.07) is 9.95. The molecule has 0 saturated heterocycles. The second-order valence-electron chi connectivity index (χ2n) is 5.81. The molecule has 2 heterocycles. The number of hydrogen-bond donors (Lipinski definition) is 1. The number of benzene rings is 1. The van der Waals surface area contributed by atoms with E-state index in [1.165, 1.54) is 12.1 Å². The van der Waals surface area contributed by atoms with Gasteiger partial charge in [0.25, 0.3) is 0 Å². The van der Waals surface area contributed by atoms with Crippen LogP contribution in [-0.2, 0) is 0 Å². The summed E-state index contributed by atoms with van der Waals surface area (Å²) in [5, 5.41) is 8.76. The molecule has 2 aromatic heterocycles. The quantitative estimate of drug-likeness (QED) is 0.583. The Hall–Kier alpha value is -3.09. The van der Waals surface area contributed by atoms with Crippen molar-refractivity contribution in [2.24, 2.45) is 5.10 Å². The third kappa shape index (κ3) is 3.88. The van der Waals surface area contributed by atoms with Gasteiger partial charge in [-0.15, -0.1) is 0 Å². The summed E-state index contributed by atoms with van der Waals surface area (Å²) in [7, 11) is 0. The second kappa shape index (κ2) is 6.80. The summed E-state index contributed by atoms with van der Waals surface area (Å²) in [4.78, 5) is 8.78. The fourth-order valence-corrected chi connectivity index (χ4v) is 2.48. The Bertz CT molecular complexity index is 927. The van der Waals surface area contributed by atoms with Crippen LogP contribution in [0.15, 0.2) is 41.5 Å². The normalized spacial score (nSPS) is 11.6. The fourth-order valence-electron chi connectivity index (χ4n) is 2.48. The number of hydrazone groups is 1. The molecule has 7 heteroatoms. The van der Waals surface area contributed by atoms with Crippen molar-refractivity contribution in [3.05, 3.63) is 65.0 Å². The first kappa shape index (κ1) is 16.8. The van der Waals surface area contributed by atoms with E-state index < -0.39 is 0 Å². The van der Waals surface area contributed by atoms with E-state index in [1.54, 1.807) is 22.9 Å². The van der Waals surface area contributed by atoms with E-state index in [4.69, 9.17) is 0 Å². The van der Waals surface area contributed by atoms with Crippen LogP contribution in [-0.4, -0.2) is 25.5 Å². The smallest absolute Gasteiger partial charge is 0.159 e. The number of aryl methyl sites for hydroxylation is 3. The number of aromatic nitrogens is 4. The molecule has 0 radical (unpaired) electrons. The van der Waals surface area contributed by atoms with Crippen molar-refractivity contribution in [1.82, 2.24) is 19.7 Å². The van der Waals surface area contributed by atoms with Crippen LogP contribution in [0.25, 0.3) is 5.82 Å². The van der Waals surface area contributed by atoms with Crippen LogP contribution < -0.4 is 5.43 Å². The Kier molecular flexibility index (Phi) is 4.56. The van der Waals surface area contributed by atoms with Gasteiger partial charge in [0.2, 0.25) is 0 Å². The molecule has 0 spiro atoms. The molecular weight excluding hydrogens is 319 g/mol. The van der Waals surface area contributed by atoms with E-state index in [0.717, 1.165) is 22.7 Å². The summed E-state index contributed by atoms with van der Waals surface area (Å²) in [5.74, 6) is 1.58. The van der Waals surface area contributed by atoms with Crippen LogP contribution in [0.2, 0.25) is 0 Å². The molecular formula is C18H19FN6. The third-order valence-corrected chi connectivity index (χ3v) is 3.65. The Balaban J connectivity index is 1.87. The molecule has 0 aliphatic carbocycles. The topological polar surface area (TPSA) is 68.0 Å². The Morgan fingerprint density at radius 2 is 1.80 bits per heavy atom. The second-order valence-corrected chi connectivity index (χ2v) is 5.81. The molecule has 1 N–H and O–H groups in total. The third-order valence-electron chi connectivity index (χ3n) is 3.65. The zero-order chi connectivity index (χ0) is 18.0. The molecule has 3 rings (SSSR count). The molecule has 0 unspecified atom stereocenters. The summed E-state index contributed by atoms with van der Waals surface area (Å²) in [6.45, 7) is 7.57. The zero-order valence-electron chi connectivity index (χ0n) is 14.6. The van der Waals surface area contributed by atoms with Gasteiger partial charge in [-0.25, -0.2) is 19.0 Å². The molecule has 0 aliphatic heterocycles. The highest BCUT2D eigenvalue weighted by Gasteiger charge is 2.08. The standard InChI is InChI=1S/C18H19FN6/c1-11-9-12(2)25(24-11)18-10-17(20-14(4)21-18)23-22-13(3)15-5-7-16(19)8-6-15/h5-10H,1-4H3,(H,20,21,23). The Morgan fingerprint density at radius 3 is 2.44 bits per heavy atom. The van der Waals surface area contributed by atoms with Gasteiger partial charge in [0.1, 0.15) is 11.6 Å². The zero-order valence-corrected chi connectivity index (χ0v) is 14.6. The van der Waals surface area contributed by atoms with Crippen LogP contribution in [0.5, 0.6) is 0 Å². The van der Waals surface area contributed by atoms with Crippen LogP contribution >= 0.6 is 0 Å². The predicted octanol–water partition coefficient (Wildman–Crippen LogP) is 3.56. The average Bonchev–Trinajstić information content (AvgIpc) is 2.91. The molecule has 3 aromatic rings. The SMILES string of the molecule is CC(=NNc1cc(-n2nc(C)cc2C)nc(C)n1)c1ccc(F)cc1. The van der Waals surface area contributed by atoms with E-state index in [0.29, 0.717) is 17.5 Å². The van der Waals surface area contributed by atoms with E-state index >= 15 is 0 Å². The average molecular weight is 338 g/mol. The van der Waals surface area contributed by atoms with Crippen molar-refractivity contribution >= 4 is 11.5 Å². The lowest BCUT2D eigenvalue weighted by atomic mass is 10.1. The van der Waals surface area contributed by atoms with E-state index in [9.17, 15) is 4.39 Å². The molecule has 0 bridgehead atoms. The largest absolute Gasteiger partial charge is 0.261 e. The maximum absolute atomic E-state index is 13.0. The van der Waals surface area contributed by atoms with Crippen molar-refractivity contribution < 1.29 is 4.39 Å². The van der Waals surface area contributed by atoms with Crippen LogP contribution in [0.1, 0.15) is 29.7 Å². The van der Waals surface area contributed by atoms with Crippen molar-refractivity contribution in [2.45, 2.75) is 27.7 Å². The highest BCUT2D eigenvalue weighted by molar-refractivity contribution is 5.98. The molecule has 0 amide bonds. The van der Waals surface area contributed by atoms with Gasteiger partial charge in [0.15, 0.2) is 11.6 Å². The highest BCUT2D eigenvalue weighted by Crippen LogP contribution is 2.14. The predicted molar refractivity (Wildman–Crippen MR) is 95.6 cm³/mol. The summed E-state index contributed by atoms with van der Waals surface area (Å²) < 4.78 is 14.8. The molecule has 0 atom stereocenters. The van der Waals surface area contributed by atoms with E-state index in [1.807, 2.05) is 33.8 Å². The van der Waals surface area contributed by atoms with Gasteiger partial charge in [-0.2, -0.15) is 10.2 Å². The maximum Gasteiger partial charge on any atom is 0.159 e. The Morgan fingerprint density at radius 1 is 1.08 bits per heavy atom. The van der Waals surface area contributed by atoms with Crippen molar-refractivity contribution in [1.29, 1.82) is 0 Å². The van der Waals surface area contributed by atoms with Crippen molar-refractivity contribution in [3.63, 3.8) is 0 Å². The number of rotatable bonds is 4. The van der Waals surface area contributed by atoms with Crippen LogP contribution in [0.4, 0.5) is 10.2 Å². The summed E-state index contributed by atoms with van der Waals surface area (Å²) in [5.41, 5.74) is 6.41. The van der Waals surface area contributed by atoms with Gasteiger partial charge in [0.05, 0.1) is 11.4 Å². The van der Waals surface area contributed by atoms with E-state index in [2.05, 4.69) is 25.6 Å². The van der Waals surface area contributed by atoms with Crippen molar-refractivity contribution in [2.75, 3.05) is 5.43 Å². The molecule has 0 fully saturated rings. The van der Waals surface area contributed by atoms with Crippen LogP contribution in [0.3, 0.4) is 0 Å². The number of nitrogens with one attached hydrogen (secondary N) is 1. The van der Waals surface area contributed by atoms with Gasteiger partial charge >= 0.3 is 0 Å².